The maximum absolute atomic E-state index is 12.5. The molecule has 0 amide bonds. The molecule has 0 saturated carbocycles. The van der Waals surface area contributed by atoms with Gasteiger partial charge in [0.25, 0.3) is 11.6 Å². The molecule has 0 aliphatic carbocycles. The minimum atomic E-state index is -0.488. The van der Waals surface area contributed by atoms with Crippen LogP contribution in [0.1, 0.15) is 15.9 Å². The summed E-state index contributed by atoms with van der Waals surface area (Å²) in [7, 11) is 0. The van der Waals surface area contributed by atoms with Crippen LogP contribution in [0.15, 0.2) is 48.8 Å². The van der Waals surface area contributed by atoms with E-state index in [1.807, 2.05) is 12.1 Å². The first-order valence-electron chi connectivity index (χ1n) is 6.30. The third-order valence-electron chi connectivity index (χ3n) is 3.33. The molecule has 0 atom stereocenters. The van der Waals surface area contributed by atoms with Crippen LogP contribution in [0.4, 0.5) is 5.69 Å². The van der Waals surface area contributed by atoms with E-state index in [9.17, 15) is 14.9 Å². The smallest absolute Gasteiger partial charge is 0.268 e. The number of nitro benzene ring substituents is 1. The van der Waals surface area contributed by atoms with E-state index < -0.39 is 4.92 Å². The van der Waals surface area contributed by atoms with Gasteiger partial charge in [-0.25, -0.2) is 4.98 Å². The fraction of sp³-hybridized carbons (Fsp3) is 0.0667. The number of fused-ring (bicyclic) bond motifs is 1. The first kappa shape index (κ1) is 13.0. The summed E-state index contributed by atoms with van der Waals surface area (Å²) < 4.78 is 1.39. The number of hydrogen-bond acceptors (Lipinski definition) is 4. The molecule has 0 fully saturated rings. The van der Waals surface area contributed by atoms with Crippen molar-refractivity contribution in [1.82, 2.24) is 9.55 Å². The van der Waals surface area contributed by atoms with Crippen molar-refractivity contribution in [3.8, 4) is 0 Å². The Morgan fingerprint density at radius 1 is 1.24 bits per heavy atom. The van der Waals surface area contributed by atoms with E-state index in [-0.39, 0.29) is 17.2 Å². The molecule has 0 unspecified atom stereocenters. The standard InChI is InChI=1S/C15H11N3O3/c1-10-6-7-11(8-14(10)18(20)21)15(19)17-9-16-12-4-2-3-5-13(12)17/h2-9H,1H3. The normalized spacial score (nSPS) is 10.7. The molecule has 1 aromatic heterocycles. The number of rotatable bonds is 2. The SMILES string of the molecule is Cc1ccc(C(=O)n2cnc3ccccc32)cc1[N+](=O)[O-]. The topological polar surface area (TPSA) is 78.0 Å². The lowest BCUT2D eigenvalue weighted by atomic mass is 10.1. The van der Waals surface area contributed by atoms with Crippen LogP contribution in [-0.2, 0) is 0 Å². The number of nitro groups is 1. The van der Waals surface area contributed by atoms with Gasteiger partial charge >= 0.3 is 0 Å². The van der Waals surface area contributed by atoms with Gasteiger partial charge in [0.2, 0.25) is 0 Å². The predicted octanol–water partition coefficient (Wildman–Crippen LogP) is 2.94. The monoisotopic (exact) mass is 281 g/mol. The molecule has 104 valence electrons. The fourth-order valence-electron chi connectivity index (χ4n) is 2.20. The molecule has 0 aliphatic rings. The number of nitrogens with zero attached hydrogens (tertiary/aromatic N) is 3. The molecule has 3 rings (SSSR count). The Balaban J connectivity index is 2.10. The van der Waals surface area contributed by atoms with E-state index in [0.29, 0.717) is 16.6 Å². The summed E-state index contributed by atoms with van der Waals surface area (Å²) >= 11 is 0. The first-order chi connectivity index (χ1) is 10.1. The van der Waals surface area contributed by atoms with Crippen LogP contribution >= 0.6 is 0 Å². The second kappa shape index (κ2) is 4.82. The van der Waals surface area contributed by atoms with Crippen LogP contribution in [0.5, 0.6) is 0 Å². The highest BCUT2D eigenvalue weighted by Crippen LogP contribution is 2.21. The van der Waals surface area contributed by atoms with Crippen molar-refractivity contribution < 1.29 is 9.72 Å². The molecule has 21 heavy (non-hydrogen) atoms. The molecule has 6 nitrogen and oxygen atoms in total. The summed E-state index contributed by atoms with van der Waals surface area (Å²) in [4.78, 5) is 27.1. The van der Waals surface area contributed by atoms with Crippen molar-refractivity contribution in [1.29, 1.82) is 0 Å². The van der Waals surface area contributed by atoms with Gasteiger partial charge in [0.05, 0.1) is 16.0 Å². The predicted molar refractivity (Wildman–Crippen MR) is 77.3 cm³/mol. The first-order valence-corrected chi connectivity index (χ1v) is 6.30. The lowest BCUT2D eigenvalue weighted by Gasteiger charge is -2.04. The average Bonchev–Trinajstić information content (AvgIpc) is 2.90. The summed E-state index contributed by atoms with van der Waals surface area (Å²) in [6.07, 6.45) is 1.43. The van der Waals surface area contributed by atoms with Gasteiger partial charge in [0.1, 0.15) is 6.33 Å². The second-order valence-electron chi connectivity index (χ2n) is 4.67. The highest BCUT2D eigenvalue weighted by Gasteiger charge is 2.17. The molecular weight excluding hydrogens is 270 g/mol. The van der Waals surface area contributed by atoms with Gasteiger partial charge in [-0.3, -0.25) is 19.5 Å². The third-order valence-corrected chi connectivity index (χ3v) is 3.33. The molecule has 0 aliphatic heterocycles. The maximum Gasteiger partial charge on any atom is 0.273 e. The number of imidazole rings is 1. The lowest BCUT2D eigenvalue weighted by Crippen LogP contribution is -2.11. The molecule has 6 heteroatoms. The van der Waals surface area contributed by atoms with Gasteiger partial charge in [-0.15, -0.1) is 0 Å². The Kier molecular flexibility index (Phi) is 2.98. The van der Waals surface area contributed by atoms with E-state index in [0.717, 1.165) is 0 Å². The van der Waals surface area contributed by atoms with Gasteiger partial charge in [0.15, 0.2) is 0 Å². The van der Waals surface area contributed by atoms with E-state index in [1.165, 1.54) is 17.0 Å². The average molecular weight is 281 g/mol. The van der Waals surface area contributed by atoms with E-state index in [2.05, 4.69) is 4.98 Å². The number of para-hydroxylation sites is 2. The van der Waals surface area contributed by atoms with Crippen LogP contribution in [-0.4, -0.2) is 20.4 Å². The highest BCUT2D eigenvalue weighted by molar-refractivity contribution is 6.01. The molecule has 0 N–H and O–H groups in total. The summed E-state index contributed by atoms with van der Waals surface area (Å²) in [5.74, 6) is -0.341. The number of carbonyl (C=O) groups excluding carboxylic acids is 1. The van der Waals surface area contributed by atoms with Crippen LogP contribution < -0.4 is 0 Å². The molecule has 2 aromatic carbocycles. The zero-order valence-corrected chi connectivity index (χ0v) is 11.2. The largest absolute Gasteiger partial charge is 0.273 e. The summed E-state index contributed by atoms with van der Waals surface area (Å²) in [6, 6.07) is 11.7. The van der Waals surface area contributed by atoms with Crippen molar-refractivity contribution in [2.45, 2.75) is 6.92 Å². The van der Waals surface area contributed by atoms with Gasteiger partial charge in [-0.2, -0.15) is 0 Å². The van der Waals surface area contributed by atoms with Crippen molar-refractivity contribution in [3.05, 3.63) is 70.0 Å². The second-order valence-corrected chi connectivity index (χ2v) is 4.67. The minimum Gasteiger partial charge on any atom is -0.268 e. The zero-order valence-electron chi connectivity index (χ0n) is 11.2. The lowest BCUT2D eigenvalue weighted by molar-refractivity contribution is -0.385. The summed E-state index contributed by atoms with van der Waals surface area (Å²) in [5, 5.41) is 11.0. The number of carbonyl (C=O) groups is 1. The van der Waals surface area contributed by atoms with E-state index in [1.54, 1.807) is 31.2 Å². The third kappa shape index (κ3) is 2.16. The number of aryl methyl sites for hydroxylation is 1. The molecule has 3 aromatic rings. The summed E-state index contributed by atoms with van der Waals surface area (Å²) in [5.41, 5.74) is 2.09. The molecule has 0 spiro atoms. The Morgan fingerprint density at radius 3 is 2.76 bits per heavy atom. The van der Waals surface area contributed by atoms with Crippen LogP contribution in [0, 0.1) is 17.0 Å². The Bertz CT molecular complexity index is 867. The molecule has 0 saturated heterocycles. The van der Waals surface area contributed by atoms with Crippen molar-refractivity contribution in [2.24, 2.45) is 0 Å². The molecule has 1 heterocycles. The number of aromatic nitrogens is 2. The van der Waals surface area contributed by atoms with Crippen molar-refractivity contribution in [3.63, 3.8) is 0 Å². The Labute approximate surface area is 119 Å². The molecule has 0 bridgehead atoms. The zero-order chi connectivity index (χ0) is 15.0. The highest BCUT2D eigenvalue weighted by atomic mass is 16.6. The van der Waals surface area contributed by atoms with Gasteiger partial charge < -0.3 is 0 Å². The number of hydrogen-bond donors (Lipinski definition) is 0. The van der Waals surface area contributed by atoms with Crippen molar-refractivity contribution in [2.75, 3.05) is 0 Å². The van der Waals surface area contributed by atoms with Crippen LogP contribution in [0.2, 0.25) is 0 Å². The van der Waals surface area contributed by atoms with Crippen LogP contribution in [0.3, 0.4) is 0 Å². The fourth-order valence-corrected chi connectivity index (χ4v) is 2.20. The van der Waals surface area contributed by atoms with Crippen LogP contribution in [0.25, 0.3) is 11.0 Å². The Morgan fingerprint density at radius 2 is 2.00 bits per heavy atom. The van der Waals surface area contributed by atoms with Gasteiger partial charge in [-0.1, -0.05) is 18.2 Å². The minimum absolute atomic E-state index is 0.0646. The number of benzene rings is 2. The molecular formula is C15H11N3O3. The van der Waals surface area contributed by atoms with Gasteiger partial charge in [0, 0.05) is 17.2 Å². The van der Waals surface area contributed by atoms with Crippen molar-refractivity contribution >= 4 is 22.6 Å². The van der Waals surface area contributed by atoms with E-state index in [4.69, 9.17) is 0 Å². The quantitative estimate of drug-likeness (QED) is 0.534. The molecule has 0 radical (unpaired) electrons. The maximum atomic E-state index is 12.5. The van der Waals surface area contributed by atoms with Gasteiger partial charge in [-0.05, 0) is 25.1 Å². The Hall–Kier alpha value is -3.02. The summed E-state index contributed by atoms with van der Waals surface area (Å²) in [6.45, 7) is 1.64. The van der Waals surface area contributed by atoms with E-state index >= 15 is 0 Å².